The van der Waals surface area contributed by atoms with Crippen LogP contribution >= 0.6 is 0 Å². The molecule has 4 N–H and O–H groups in total. The summed E-state index contributed by atoms with van der Waals surface area (Å²) in [7, 11) is 1.32. The zero-order chi connectivity index (χ0) is 14.6. The van der Waals surface area contributed by atoms with Gasteiger partial charge in [0.15, 0.2) is 0 Å². The Morgan fingerprint density at radius 2 is 1.89 bits per heavy atom. The molecule has 0 bridgehead atoms. The third kappa shape index (κ3) is 4.17. The summed E-state index contributed by atoms with van der Waals surface area (Å²) >= 11 is 0. The van der Waals surface area contributed by atoms with Crippen molar-refractivity contribution in [1.29, 1.82) is 0 Å². The maximum atomic E-state index is 13.8. The van der Waals surface area contributed by atoms with Gasteiger partial charge in [0.1, 0.15) is 17.4 Å². The molecule has 0 saturated heterocycles. The first-order valence-corrected chi connectivity index (χ1v) is 5.92. The molecule has 1 amide bonds. The number of benzene rings is 1. The predicted molar refractivity (Wildman–Crippen MR) is 67.4 cm³/mol. The zero-order valence-corrected chi connectivity index (χ0v) is 11.0. The Morgan fingerprint density at radius 3 is 2.32 bits per heavy atom. The Morgan fingerprint density at radius 1 is 1.37 bits per heavy atom. The summed E-state index contributed by atoms with van der Waals surface area (Å²) in [6, 6.07) is 1.33. The molecule has 1 rings (SSSR count). The second-order valence-electron chi connectivity index (χ2n) is 4.62. The Bertz CT molecular complexity index is 443. The largest absolute Gasteiger partial charge is 0.497 e. The molecule has 1 aromatic carbocycles. The van der Waals surface area contributed by atoms with Crippen molar-refractivity contribution in [3.8, 4) is 5.75 Å². The summed E-state index contributed by atoms with van der Waals surface area (Å²) in [5, 5.41) is 0. The van der Waals surface area contributed by atoms with Gasteiger partial charge in [-0.3, -0.25) is 4.79 Å². The Kier molecular flexibility index (Phi) is 5.23. The number of hydrogen-bond donors (Lipinski definition) is 2. The van der Waals surface area contributed by atoms with Crippen molar-refractivity contribution >= 4 is 5.91 Å². The number of amides is 1. The molecular formula is C13H18F2N2O2. The first kappa shape index (κ1) is 15.4. The van der Waals surface area contributed by atoms with Crippen LogP contribution in [0.25, 0.3) is 0 Å². The van der Waals surface area contributed by atoms with E-state index in [9.17, 15) is 13.6 Å². The molecule has 0 aliphatic carbocycles. The van der Waals surface area contributed by atoms with E-state index < -0.39 is 23.6 Å². The lowest BCUT2D eigenvalue weighted by Crippen LogP contribution is -2.21. The Balaban J connectivity index is 2.87. The van der Waals surface area contributed by atoms with E-state index in [1.54, 1.807) is 6.92 Å². The van der Waals surface area contributed by atoms with Gasteiger partial charge in [-0.1, -0.05) is 6.92 Å². The second-order valence-corrected chi connectivity index (χ2v) is 4.62. The minimum atomic E-state index is -0.833. The van der Waals surface area contributed by atoms with Crippen molar-refractivity contribution in [2.75, 3.05) is 7.11 Å². The van der Waals surface area contributed by atoms with Crippen LogP contribution in [-0.4, -0.2) is 13.0 Å². The fraction of sp³-hybridized carbons (Fsp3) is 0.462. The molecular weight excluding hydrogens is 254 g/mol. The second kappa shape index (κ2) is 6.47. The van der Waals surface area contributed by atoms with E-state index in [2.05, 4.69) is 0 Å². The third-order valence-electron chi connectivity index (χ3n) is 2.87. The van der Waals surface area contributed by atoms with Gasteiger partial charge in [0, 0.05) is 30.2 Å². The van der Waals surface area contributed by atoms with Crippen molar-refractivity contribution in [1.82, 2.24) is 0 Å². The average molecular weight is 272 g/mol. The van der Waals surface area contributed by atoms with Crippen molar-refractivity contribution in [2.45, 2.75) is 25.8 Å². The maximum Gasteiger partial charge on any atom is 0.217 e. The summed E-state index contributed by atoms with van der Waals surface area (Å²) in [6.07, 6.45) is 0.399. The highest BCUT2D eigenvalue weighted by atomic mass is 19.1. The van der Waals surface area contributed by atoms with Gasteiger partial charge in [0.2, 0.25) is 5.91 Å². The van der Waals surface area contributed by atoms with Crippen molar-refractivity contribution < 1.29 is 18.3 Å². The van der Waals surface area contributed by atoms with Gasteiger partial charge >= 0.3 is 0 Å². The van der Waals surface area contributed by atoms with Crippen LogP contribution < -0.4 is 16.2 Å². The van der Waals surface area contributed by atoms with Crippen LogP contribution in [0, 0.1) is 17.6 Å². The highest BCUT2D eigenvalue weighted by Crippen LogP contribution is 2.28. The number of ether oxygens (including phenoxy) is 1. The molecule has 2 atom stereocenters. The number of carbonyl (C=O) groups excluding carboxylic acids is 1. The molecule has 0 aliphatic heterocycles. The molecule has 0 heterocycles. The summed E-state index contributed by atoms with van der Waals surface area (Å²) < 4.78 is 32.3. The Labute approximate surface area is 110 Å². The number of primary amides is 1. The molecule has 4 nitrogen and oxygen atoms in total. The van der Waals surface area contributed by atoms with Gasteiger partial charge in [0.25, 0.3) is 0 Å². The molecule has 0 spiro atoms. The van der Waals surface area contributed by atoms with Crippen LogP contribution in [0.2, 0.25) is 0 Å². The lowest BCUT2D eigenvalue weighted by Gasteiger charge is -2.18. The number of carbonyl (C=O) groups is 1. The fourth-order valence-corrected chi connectivity index (χ4v) is 2.01. The van der Waals surface area contributed by atoms with Crippen LogP contribution in [0.5, 0.6) is 5.75 Å². The van der Waals surface area contributed by atoms with Crippen molar-refractivity contribution in [3.05, 3.63) is 29.3 Å². The van der Waals surface area contributed by atoms with Gasteiger partial charge in [-0.15, -0.1) is 0 Å². The van der Waals surface area contributed by atoms with Crippen LogP contribution in [0.1, 0.15) is 31.4 Å². The highest BCUT2D eigenvalue weighted by Gasteiger charge is 2.21. The molecule has 6 heteroatoms. The van der Waals surface area contributed by atoms with E-state index in [0.29, 0.717) is 0 Å². The lowest BCUT2D eigenvalue weighted by atomic mass is 9.93. The molecule has 1 aromatic rings. The van der Waals surface area contributed by atoms with E-state index in [0.717, 1.165) is 12.1 Å². The highest BCUT2D eigenvalue weighted by molar-refractivity contribution is 5.73. The minimum Gasteiger partial charge on any atom is -0.497 e. The topological polar surface area (TPSA) is 78.3 Å². The lowest BCUT2D eigenvalue weighted by molar-refractivity contribution is -0.118. The Hall–Kier alpha value is -1.69. The van der Waals surface area contributed by atoms with Crippen LogP contribution in [-0.2, 0) is 4.79 Å². The van der Waals surface area contributed by atoms with Gasteiger partial charge in [0.05, 0.1) is 7.11 Å². The molecule has 19 heavy (non-hydrogen) atoms. The van der Waals surface area contributed by atoms with Crippen molar-refractivity contribution in [3.63, 3.8) is 0 Å². The van der Waals surface area contributed by atoms with Crippen molar-refractivity contribution in [2.24, 2.45) is 17.4 Å². The molecule has 0 radical (unpaired) electrons. The summed E-state index contributed by atoms with van der Waals surface area (Å²) in [4.78, 5) is 10.8. The van der Waals surface area contributed by atoms with Crippen LogP contribution in [0.3, 0.4) is 0 Å². The predicted octanol–water partition coefficient (Wildman–Crippen LogP) is 1.87. The quantitative estimate of drug-likeness (QED) is 0.829. The van der Waals surface area contributed by atoms with E-state index in [1.165, 1.54) is 7.11 Å². The van der Waals surface area contributed by atoms with Gasteiger partial charge in [-0.25, -0.2) is 8.78 Å². The maximum absolute atomic E-state index is 13.8. The minimum absolute atomic E-state index is 0.0936. The molecule has 0 aliphatic rings. The zero-order valence-electron chi connectivity index (χ0n) is 11.0. The summed E-state index contributed by atoms with van der Waals surface area (Å²) in [5.41, 5.74) is 10.7. The number of nitrogens with two attached hydrogens (primary N) is 2. The smallest absolute Gasteiger partial charge is 0.217 e. The van der Waals surface area contributed by atoms with Gasteiger partial charge in [-0.05, 0) is 12.3 Å². The first-order valence-electron chi connectivity index (χ1n) is 5.92. The SMILES string of the molecule is COc1cc(F)c(C(N)CC(C)CC(N)=O)c(F)c1. The molecule has 106 valence electrons. The molecule has 0 saturated carbocycles. The van der Waals surface area contributed by atoms with Crippen LogP contribution in [0.15, 0.2) is 12.1 Å². The third-order valence-corrected chi connectivity index (χ3v) is 2.87. The summed E-state index contributed by atoms with van der Waals surface area (Å²) in [6.45, 7) is 1.75. The first-order chi connectivity index (χ1) is 8.85. The van der Waals surface area contributed by atoms with Crippen LogP contribution in [0.4, 0.5) is 8.78 Å². The monoisotopic (exact) mass is 272 g/mol. The van der Waals surface area contributed by atoms with Gasteiger partial charge < -0.3 is 16.2 Å². The summed E-state index contributed by atoms with van der Waals surface area (Å²) in [5.74, 6) is -2.02. The molecule has 0 aromatic heterocycles. The molecule has 0 fully saturated rings. The van der Waals surface area contributed by atoms with E-state index in [1.807, 2.05) is 0 Å². The number of halogens is 2. The number of rotatable bonds is 6. The normalized spacial score (nSPS) is 13.9. The fourth-order valence-electron chi connectivity index (χ4n) is 2.01. The van der Waals surface area contributed by atoms with E-state index >= 15 is 0 Å². The van der Waals surface area contributed by atoms with Gasteiger partial charge in [-0.2, -0.15) is 0 Å². The number of hydrogen-bond acceptors (Lipinski definition) is 3. The average Bonchev–Trinajstić information content (AvgIpc) is 2.26. The molecule has 2 unspecified atom stereocenters. The standard InChI is InChI=1S/C13H18F2N2O2/c1-7(4-12(17)18)3-11(16)13-9(14)5-8(19-2)6-10(13)15/h5-7,11H,3-4,16H2,1-2H3,(H2,17,18). The number of methoxy groups -OCH3 is 1. The van der Waals surface area contributed by atoms with E-state index in [-0.39, 0.29) is 30.1 Å². The van der Waals surface area contributed by atoms with E-state index in [4.69, 9.17) is 16.2 Å².